The Hall–Kier alpha value is -1.77. The van der Waals surface area contributed by atoms with Crippen LogP contribution in [-0.4, -0.2) is 46.7 Å². The van der Waals surface area contributed by atoms with Crippen LogP contribution in [0.4, 0.5) is 13.2 Å². The van der Waals surface area contributed by atoms with E-state index in [2.05, 4.69) is 20.4 Å². The zero-order valence-corrected chi connectivity index (χ0v) is 17.7. The average molecular weight is 434 g/mol. The normalized spacial score (nSPS) is 21.5. The fourth-order valence-electron chi connectivity index (χ4n) is 3.42. The molecular formula is C20H30F3N3O2S. The van der Waals surface area contributed by atoms with Gasteiger partial charge in [0.2, 0.25) is 0 Å². The molecule has 0 aromatic heterocycles. The molecule has 0 heterocycles. The van der Waals surface area contributed by atoms with Crippen molar-refractivity contribution >= 4 is 16.8 Å². The molecule has 2 rings (SSSR count). The molecule has 0 radical (unpaired) electrons. The lowest BCUT2D eigenvalue weighted by Crippen LogP contribution is -2.46. The number of alkyl halides is 3. The van der Waals surface area contributed by atoms with E-state index in [1.807, 2.05) is 13.8 Å². The quantitative estimate of drug-likeness (QED) is 0.484. The van der Waals surface area contributed by atoms with Crippen LogP contribution in [0.25, 0.3) is 0 Å². The lowest BCUT2D eigenvalue weighted by Gasteiger charge is -2.30. The summed E-state index contributed by atoms with van der Waals surface area (Å²) in [7, 11) is -0.772. The average Bonchev–Trinajstić information content (AvgIpc) is 2.68. The number of ether oxygens (including phenoxy) is 1. The van der Waals surface area contributed by atoms with E-state index >= 15 is 0 Å². The van der Waals surface area contributed by atoms with Crippen molar-refractivity contribution < 1.29 is 22.1 Å². The number of nitrogens with zero attached hydrogens (tertiary/aromatic N) is 1. The first-order valence-electron chi connectivity index (χ1n) is 10.1. The van der Waals surface area contributed by atoms with Crippen molar-refractivity contribution in [1.82, 2.24) is 10.6 Å². The highest BCUT2D eigenvalue weighted by Gasteiger charge is 2.31. The molecule has 0 amide bonds. The van der Waals surface area contributed by atoms with Gasteiger partial charge < -0.3 is 15.4 Å². The fourth-order valence-corrected chi connectivity index (χ4v) is 4.77. The number of halogens is 3. The third-order valence-corrected chi connectivity index (χ3v) is 6.54. The zero-order valence-electron chi connectivity index (χ0n) is 16.9. The molecule has 1 aromatic rings. The van der Waals surface area contributed by atoms with E-state index in [1.54, 1.807) is 12.1 Å². The lowest BCUT2D eigenvalue weighted by molar-refractivity contribution is -0.274. The second-order valence-corrected chi connectivity index (χ2v) is 9.01. The molecule has 1 aliphatic rings. The van der Waals surface area contributed by atoms with Crippen LogP contribution < -0.4 is 15.4 Å². The van der Waals surface area contributed by atoms with Crippen molar-refractivity contribution in [2.24, 2.45) is 4.99 Å². The summed E-state index contributed by atoms with van der Waals surface area (Å²) in [5, 5.41) is 6.92. The first kappa shape index (κ1) is 23.5. The smallest absolute Gasteiger partial charge is 0.406 e. The Morgan fingerprint density at radius 1 is 1.24 bits per heavy atom. The predicted octanol–water partition coefficient (Wildman–Crippen LogP) is 3.76. The highest BCUT2D eigenvalue weighted by atomic mass is 32.2. The van der Waals surface area contributed by atoms with Gasteiger partial charge in [-0.05, 0) is 50.3 Å². The third-order valence-electron chi connectivity index (χ3n) is 4.79. The highest BCUT2D eigenvalue weighted by Crippen LogP contribution is 2.24. The van der Waals surface area contributed by atoms with E-state index in [0.29, 0.717) is 18.7 Å². The van der Waals surface area contributed by atoms with Crippen LogP contribution in [-0.2, 0) is 17.2 Å². The number of rotatable bonds is 8. The Morgan fingerprint density at radius 2 is 1.97 bits per heavy atom. The van der Waals surface area contributed by atoms with Crippen LogP contribution in [0.2, 0.25) is 0 Å². The summed E-state index contributed by atoms with van der Waals surface area (Å²) in [6, 6.07) is 6.10. The topological polar surface area (TPSA) is 62.7 Å². The molecule has 2 N–H and O–H groups in total. The van der Waals surface area contributed by atoms with Crippen molar-refractivity contribution in [1.29, 1.82) is 0 Å². The number of benzene rings is 1. The Balaban J connectivity index is 1.87. The molecule has 3 unspecified atom stereocenters. The Labute approximate surface area is 173 Å². The van der Waals surface area contributed by atoms with Gasteiger partial charge in [-0.2, -0.15) is 0 Å². The Morgan fingerprint density at radius 3 is 2.59 bits per heavy atom. The van der Waals surface area contributed by atoms with E-state index in [-0.39, 0.29) is 17.0 Å². The Bertz CT molecular complexity index is 681. The van der Waals surface area contributed by atoms with Crippen LogP contribution in [0.5, 0.6) is 5.75 Å². The maximum absolute atomic E-state index is 12.2. The van der Waals surface area contributed by atoms with E-state index in [1.165, 1.54) is 12.1 Å². The summed E-state index contributed by atoms with van der Waals surface area (Å²) in [5.74, 6) is 1.19. The van der Waals surface area contributed by atoms with Crippen molar-refractivity contribution in [2.45, 2.75) is 63.6 Å². The first-order valence-corrected chi connectivity index (χ1v) is 11.5. The SMILES string of the molecule is CCNC(=NCCc1ccc(OC(F)(F)F)cc1)NC1CCCC(S(=O)CC)C1. The minimum Gasteiger partial charge on any atom is -0.406 e. The standard InChI is InChI=1S/C20H30F3N3O2S/c1-3-24-19(26-16-6-5-7-18(14-16)29(27)4-2)25-13-12-15-8-10-17(11-9-15)28-20(21,22)23/h8-11,16,18H,3-7,12-14H2,1-2H3,(H2,24,25,26). The second kappa shape index (κ2) is 11.4. The summed E-state index contributed by atoms with van der Waals surface area (Å²) >= 11 is 0. The molecular weight excluding hydrogens is 403 g/mol. The minimum absolute atomic E-state index is 0.226. The molecule has 5 nitrogen and oxygen atoms in total. The van der Waals surface area contributed by atoms with Gasteiger partial charge in [0.25, 0.3) is 0 Å². The molecule has 1 aliphatic carbocycles. The molecule has 0 bridgehead atoms. The molecule has 0 spiro atoms. The largest absolute Gasteiger partial charge is 0.573 e. The molecule has 1 fully saturated rings. The van der Waals surface area contributed by atoms with E-state index in [4.69, 9.17) is 0 Å². The van der Waals surface area contributed by atoms with E-state index < -0.39 is 17.2 Å². The number of hydrogen-bond donors (Lipinski definition) is 2. The molecule has 1 saturated carbocycles. The molecule has 0 aliphatic heterocycles. The van der Waals surface area contributed by atoms with Crippen LogP contribution in [0, 0.1) is 0 Å². The third kappa shape index (κ3) is 8.64. The molecule has 9 heteroatoms. The van der Waals surface area contributed by atoms with Crippen molar-refractivity contribution in [2.75, 3.05) is 18.8 Å². The molecule has 29 heavy (non-hydrogen) atoms. The van der Waals surface area contributed by atoms with Crippen LogP contribution in [0.15, 0.2) is 29.3 Å². The van der Waals surface area contributed by atoms with Gasteiger partial charge in [-0.25, -0.2) is 0 Å². The van der Waals surface area contributed by atoms with Crippen molar-refractivity contribution in [3.63, 3.8) is 0 Å². The lowest BCUT2D eigenvalue weighted by atomic mass is 9.95. The monoisotopic (exact) mass is 433 g/mol. The number of guanidine groups is 1. The number of hydrogen-bond acceptors (Lipinski definition) is 3. The first-order chi connectivity index (χ1) is 13.8. The van der Waals surface area contributed by atoms with E-state index in [0.717, 1.165) is 43.8 Å². The van der Waals surface area contributed by atoms with Crippen molar-refractivity contribution in [3.8, 4) is 5.75 Å². The van der Waals surface area contributed by atoms with Crippen LogP contribution in [0.1, 0.15) is 45.1 Å². The summed E-state index contributed by atoms with van der Waals surface area (Å²) < 4.78 is 52.6. The van der Waals surface area contributed by atoms with Gasteiger partial charge in [0.15, 0.2) is 5.96 Å². The minimum atomic E-state index is -4.68. The van der Waals surface area contributed by atoms with Gasteiger partial charge in [0.05, 0.1) is 0 Å². The zero-order chi connectivity index (χ0) is 21.3. The highest BCUT2D eigenvalue weighted by molar-refractivity contribution is 7.85. The van der Waals surface area contributed by atoms with Gasteiger partial charge in [-0.1, -0.05) is 25.5 Å². The summed E-state index contributed by atoms with van der Waals surface area (Å²) in [5.41, 5.74) is 0.884. The van der Waals surface area contributed by atoms with Gasteiger partial charge in [0, 0.05) is 40.9 Å². The second-order valence-electron chi connectivity index (χ2n) is 7.00. The van der Waals surface area contributed by atoms with Crippen LogP contribution in [0.3, 0.4) is 0 Å². The van der Waals surface area contributed by atoms with Gasteiger partial charge in [-0.3, -0.25) is 9.20 Å². The number of aliphatic imine (C=N–C) groups is 1. The summed E-state index contributed by atoms with van der Waals surface area (Å²) in [4.78, 5) is 4.58. The van der Waals surface area contributed by atoms with E-state index in [9.17, 15) is 17.4 Å². The maximum atomic E-state index is 12.2. The number of nitrogens with one attached hydrogen (secondary N) is 2. The molecule has 164 valence electrons. The van der Waals surface area contributed by atoms with Crippen molar-refractivity contribution in [3.05, 3.63) is 29.8 Å². The van der Waals surface area contributed by atoms with Gasteiger partial charge in [-0.15, -0.1) is 13.2 Å². The molecule has 1 aromatic carbocycles. The van der Waals surface area contributed by atoms with Gasteiger partial charge in [0.1, 0.15) is 5.75 Å². The fraction of sp³-hybridized carbons (Fsp3) is 0.650. The van der Waals surface area contributed by atoms with Gasteiger partial charge >= 0.3 is 6.36 Å². The Kier molecular flexibility index (Phi) is 9.26. The predicted molar refractivity (Wildman–Crippen MR) is 111 cm³/mol. The molecule has 0 saturated heterocycles. The maximum Gasteiger partial charge on any atom is 0.573 e. The molecule has 3 atom stereocenters. The summed E-state index contributed by atoms with van der Waals surface area (Å²) in [6.45, 7) is 5.19. The van der Waals surface area contributed by atoms with Crippen LogP contribution >= 0.6 is 0 Å². The summed E-state index contributed by atoms with van der Waals surface area (Å²) in [6.07, 6.45) is -0.0930.